The summed E-state index contributed by atoms with van der Waals surface area (Å²) in [6.07, 6.45) is 3.31. The highest BCUT2D eigenvalue weighted by atomic mass is 16.5. The smallest absolute Gasteiger partial charge is 0.326 e. The third-order valence-corrected chi connectivity index (χ3v) is 6.83. The van der Waals surface area contributed by atoms with Crippen LogP contribution in [0, 0.1) is 17.8 Å². The van der Waals surface area contributed by atoms with E-state index in [1.165, 1.54) is 6.42 Å². The van der Waals surface area contributed by atoms with E-state index < -0.39 is 0 Å². The molecule has 0 N–H and O–H groups in total. The number of ether oxygens (including phenoxy) is 1. The predicted octanol–water partition coefficient (Wildman–Crippen LogP) is 5.77. The Morgan fingerprint density at radius 2 is 1.84 bits per heavy atom. The third-order valence-electron chi connectivity index (χ3n) is 6.83. The quantitative estimate of drug-likeness (QED) is 0.463. The molecule has 1 aliphatic carbocycles. The van der Waals surface area contributed by atoms with Crippen molar-refractivity contribution in [3.8, 4) is 11.4 Å². The van der Waals surface area contributed by atoms with E-state index in [0.29, 0.717) is 17.8 Å². The average Bonchev–Trinajstić information content (AvgIpc) is 3.12. The Hall–Kier alpha value is -2.82. The summed E-state index contributed by atoms with van der Waals surface area (Å²) in [6, 6.07) is 16.3. The Kier molecular flexibility index (Phi) is 6.54. The summed E-state index contributed by atoms with van der Waals surface area (Å²) in [5.74, 6) is 2.17. The summed E-state index contributed by atoms with van der Waals surface area (Å²) in [6.45, 7) is 6.90. The molecule has 0 saturated heterocycles. The van der Waals surface area contributed by atoms with Gasteiger partial charge in [-0.15, -0.1) is 0 Å². The number of para-hydroxylation sites is 2. The fourth-order valence-electron chi connectivity index (χ4n) is 4.95. The van der Waals surface area contributed by atoms with Crippen LogP contribution in [0.2, 0.25) is 0 Å². The number of carbonyl (C=O) groups is 1. The van der Waals surface area contributed by atoms with Crippen molar-refractivity contribution in [2.75, 3.05) is 19.0 Å². The molecule has 5 nitrogen and oxygen atoms in total. The maximum absolute atomic E-state index is 13.1. The van der Waals surface area contributed by atoms with Crippen LogP contribution in [0.15, 0.2) is 48.5 Å². The van der Waals surface area contributed by atoms with Crippen LogP contribution in [-0.4, -0.2) is 35.7 Å². The summed E-state index contributed by atoms with van der Waals surface area (Å²) < 4.78 is 8.10. The molecular weight excluding hydrogens is 398 g/mol. The van der Waals surface area contributed by atoms with Gasteiger partial charge in [-0.2, -0.15) is 0 Å². The number of esters is 1. The van der Waals surface area contributed by atoms with Gasteiger partial charge in [-0.05, 0) is 67.0 Å². The van der Waals surface area contributed by atoms with Crippen molar-refractivity contribution in [2.24, 2.45) is 17.8 Å². The summed E-state index contributed by atoms with van der Waals surface area (Å²) in [7, 11) is 4.05. The molecule has 3 aromatic rings. The molecule has 2 aromatic carbocycles. The first-order valence-corrected chi connectivity index (χ1v) is 11.8. The van der Waals surface area contributed by atoms with Crippen LogP contribution in [0.25, 0.3) is 22.4 Å². The fourth-order valence-corrected chi connectivity index (χ4v) is 4.95. The number of carbonyl (C=O) groups excluding carboxylic acids is 1. The Morgan fingerprint density at radius 1 is 1.12 bits per heavy atom. The van der Waals surface area contributed by atoms with Gasteiger partial charge < -0.3 is 14.2 Å². The number of fused-ring (bicyclic) bond motifs is 1. The molecule has 1 saturated carbocycles. The van der Waals surface area contributed by atoms with Crippen LogP contribution < -0.4 is 4.90 Å². The molecule has 0 amide bonds. The number of benzene rings is 2. The second kappa shape index (κ2) is 9.35. The third kappa shape index (κ3) is 4.67. The molecule has 0 bridgehead atoms. The number of hydrogen-bond acceptors (Lipinski definition) is 4. The predicted molar refractivity (Wildman–Crippen MR) is 131 cm³/mol. The average molecular weight is 434 g/mol. The molecule has 170 valence electrons. The van der Waals surface area contributed by atoms with Gasteiger partial charge in [-0.3, -0.25) is 4.79 Å². The lowest BCUT2D eigenvalue weighted by molar-refractivity contribution is -0.156. The lowest BCUT2D eigenvalue weighted by Crippen LogP contribution is -2.36. The first-order valence-electron chi connectivity index (χ1n) is 11.8. The van der Waals surface area contributed by atoms with Gasteiger partial charge in [0.1, 0.15) is 18.5 Å². The van der Waals surface area contributed by atoms with Gasteiger partial charge in [0.05, 0.1) is 11.0 Å². The monoisotopic (exact) mass is 433 g/mol. The minimum Gasteiger partial charge on any atom is -0.461 e. The van der Waals surface area contributed by atoms with E-state index in [0.717, 1.165) is 41.0 Å². The van der Waals surface area contributed by atoms with Crippen molar-refractivity contribution in [2.45, 2.75) is 52.7 Å². The minimum absolute atomic E-state index is 0.00357. The zero-order valence-corrected chi connectivity index (χ0v) is 19.9. The van der Waals surface area contributed by atoms with Crippen molar-refractivity contribution in [1.82, 2.24) is 9.55 Å². The van der Waals surface area contributed by atoms with Gasteiger partial charge in [0.2, 0.25) is 0 Å². The van der Waals surface area contributed by atoms with E-state index in [4.69, 9.17) is 9.72 Å². The topological polar surface area (TPSA) is 47.4 Å². The molecule has 0 radical (unpaired) electrons. The Morgan fingerprint density at radius 3 is 2.53 bits per heavy atom. The van der Waals surface area contributed by atoms with Gasteiger partial charge in [0.25, 0.3) is 0 Å². The molecule has 0 spiro atoms. The number of anilines is 1. The standard InChI is InChI=1S/C27H35N3O2/c1-18(2)22-15-10-19(3)16-25(22)32-26(31)17-30-24-9-7-6-8-23(24)28-27(30)20-11-13-21(14-12-20)29(4)5/h6-9,11-14,18-19,22,25H,10,15-17H2,1-5H3. The van der Waals surface area contributed by atoms with Gasteiger partial charge in [0.15, 0.2) is 0 Å². The molecule has 32 heavy (non-hydrogen) atoms. The highest BCUT2D eigenvalue weighted by Gasteiger charge is 2.33. The van der Waals surface area contributed by atoms with Gasteiger partial charge in [0, 0.05) is 25.3 Å². The molecule has 4 rings (SSSR count). The molecule has 1 aliphatic rings. The number of aromatic nitrogens is 2. The van der Waals surface area contributed by atoms with Crippen LogP contribution >= 0.6 is 0 Å². The molecule has 3 unspecified atom stereocenters. The molecule has 0 aliphatic heterocycles. The first-order chi connectivity index (χ1) is 15.3. The van der Waals surface area contributed by atoms with Crippen molar-refractivity contribution in [3.05, 3.63) is 48.5 Å². The largest absolute Gasteiger partial charge is 0.461 e. The van der Waals surface area contributed by atoms with Crippen molar-refractivity contribution in [3.63, 3.8) is 0 Å². The van der Waals surface area contributed by atoms with E-state index in [9.17, 15) is 4.79 Å². The van der Waals surface area contributed by atoms with Crippen LogP contribution in [0.3, 0.4) is 0 Å². The maximum atomic E-state index is 13.1. The van der Waals surface area contributed by atoms with E-state index in [2.05, 4.69) is 49.9 Å². The lowest BCUT2D eigenvalue weighted by atomic mass is 9.75. The zero-order chi connectivity index (χ0) is 22.8. The van der Waals surface area contributed by atoms with Crippen LogP contribution in [0.1, 0.15) is 40.0 Å². The summed E-state index contributed by atoms with van der Waals surface area (Å²) in [5.41, 5.74) is 3.96. The van der Waals surface area contributed by atoms with Gasteiger partial charge >= 0.3 is 5.97 Å². The summed E-state index contributed by atoms with van der Waals surface area (Å²) in [4.78, 5) is 20.1. The molecule has 5 heteroatoms. The molecular formula is C27H35N3O2. The normalized spacial score (nSPS) is 21.1. The lowest BCUT2D eigenvalue weighted by Gasteiger charge is -2.36. The number of imidazole rings is 1. The Bertz CT molecular complexity index is 1070. The molecule has 3 atom stereocenters. The van der Waals surface area contributed by atoms with E-state index in [1.807, 2.05) is 42.9 Å². The fraction of sp³-hybridized carbons (Fsp3) is 0.481. The van der Waals surface area contributed by atoms with Crippen molar-refractivity contribution < 1.29 is 9.53 Å². The number of nitrogens with zero attached hydrogens (tertiary/aromatic N) is 3. The van der Waals surface area contributed by atoms with Crippen LogP contribution in [-0.2, 0) is 16.1 Å². The Labute approximate surface area is 191 Å². The van der Waals surface area contributed by atoms with E-state index in [1.54, 1.807) is 0 Å². The van der Waals surface area contributed by atoms with Crippen molar-refractivity contribution >= 4 is 22.7 Å². The van der Waals surface area contributed by atoms with Gasteiger partial charge in [-0.25, -0.2) is 4.98 Å². The summed E-state index contributed by atoms with van der Waals surface area (Å²) in [5, 5.41) is 0. The second-order valence-corrected chi connectivity index (χ2v) is 9.81. The van der Waals surface area contributed by atoms with Crippen LogP contribution in [0.5, 0.6) is 0 Å². The first kappa shape index (κ1) is 22.4. The Balaban J connectivity index is 1.62. The SMILES string of the molecule is CC1CCC(C(C)C)C(OC(=O)Cn2c(-c3ccc(N(C)C)cc3)nc3ccccc32)C1. The second-order valence-electron chi connectivity index (χ2n) is 9.81. The number of rotatable bonds is 6. The van der Waals surface area contributed by atoms with Crippen molar-refractivity contribution in [1.29, 1.82) is 0 Å². The minimum atomic E-state index is -0.177. The number of hydrogen-bond donors (Lipinski definition) is 0. The van der Waals surface area contributed by atoms with E-state index >= 15 is 0 Å². The highest BCUT2D eigenvalue weighted by molar-refractivity contribution is 5.83. The van der Waals surface area contributed by atoms with Gasteiger partial charge in [-0.1, -0.05) is 39.3 Å². The molecule has 1 heterocycles. The highest BCUT2D eigenvalue weighted by Crippen LogP contribution is 2.35. The summed E-state index contributed by atoms with van der Waals surface area (Å²) >= 11 is 0. The van der Waals surface area contributed by atoms with E-state index in [-0.39, 0.29) is 18.6 Å². The maximum Gasteiger partial charge on any atom is 0.326 e. The molecule has 1 aromatic heterocycles. The molecule has 1 fully saturated rings. The van der Waals surface area contributed by atoms with Crippen LogP contribution in [0.4, 0.5) is 5.69 Å². The zero-order valence-electron chi connectivity index (χ0n) is 19.9.